The van der Waals surface area contributed by atoms with E-state index in [1.807, 2.05) is 0 Å². The minimum absolute atomic E-state index is 0.0540. The van der Waals surface area contributed by atoms with Crippen LogP contribution in [-0.4, -0.2) is 10.3 Å². The Hall–Kier alpha value is -0.0500. The standard InChI is InChI=1S/C12H21P/c1-9(2)8-10-12(6,7)13(10)11(3,4)5/h1-7H3. The molecule has 0 aromatic carbocycles. The fourth-order valence-electron chi connectivity index (χ4n) is 2.04. The first-order chi connectivity index (χ1) is 5.67. The minimum Gasteiger partial charge on any atom is -0.117 e. The summed E-state index contributed by atoms with van der Waals surface area (Å²) in [5.74, 6) is 0. The lowest BCUT2D eigenvalue weighted by atomic mass is 10.2. The van der Waals surface area contributed by atoms with Crippen molar-refractivity contribution in [3.63, 3.8) is 0 Å². The first-order valence-electron chi connectivity index (χ1n) is 4.92. The normalized spacial score (nSPS) is 25.5. The molecule has 13 heavy (non-hydrogen) atoms. The van der Waals surface area contributed by atoms with Crippen LogP contribution in [0.25, 0.3) is 0 Å². The predicted octanol–water partition coefficient (Wildman–Crippen LogP) is 4.51. The van der Waals surface area contributed by atoms with E-state index in [9.17, 15) is 0 Å². The molecule has 0 amide bonds. The number of allylic oxidation sites excluding steroid dienone is 1. The Balaban J connectivity index is 3.05. The van der Waals surface area contributed by atoms with E-state index < -0.39 is 0 Å². The fraction of sp³-hybridized carbons (Fsp3) is 0.750. The van der Waals surface area contributed by atoms with Crippen LogP contribution in [0.15, 0.2) is 16.6 Å². The molecule has 0 nitrogen and oxygen atoms in total. The van der Waals surface area contributed by atoms with Crippen LogP contribution in [0.2, 0.25) is 0 Å². The molecule has 0 spiro atoms. The van der Waals surface area contributed by atoms with Crippen molar-refractivity contribution in [2.45, 2.75) is 58.8 Å². The van der Waals surface area contributed by atoms with Gasteiger partial charge in [-0.3, -0.25) is 0 Å². The summed E-state index contributed by atoms with van der Waals surface area (Å²) in [7, 11) is 0.0540. The van der Waals surface area contributed by atoms with E-state index in [4.69, 9.17) is 0 Å². The van der Waals surface area contributed by atoms with Gasteiger partial charge in [-0.25, -0.2) is 0 Å². The van der Waals surface area contributed by atoms with E-state index >= 15 is 0 Å². The summed E-state index contributed by atoms with van der Waals surface area (Å²) in [5.41, 5.74) is 4.84. The first kappa shape index (κ1) is 11.0. The molecule has 0 aromatic rings. The van der Waals surface area contributed by atoms with Gasteiger partial charge in [0.15, 0.2) is 0 Å². The largest absolute Gasteiger partial charge is 0.117 e. The molecule has 0 bridgehead atoms. The van der Waals surface area contributed by atoms with Crippen LogP contribution in [0.4, 0.5) is 0 Å². The zero-order chi connectivity index (χ0) is 10.4. The van der Waals surface area contributed by atoms with Crippen LogP contribution >= 0.6 is 7.92 Å². The zero-order valence-corrected chi connectivity index (χ0v) is 10.8. The molecule has 1 heteroatoms. The van der Waals surface area contributed by atoms with Gasteiger partial charge in [0.1, 0.15) is 0 Å². The Bertz CT molecular complexity index is 279. The minimum atomic E-state index is 0.0540. The highest BCUT2D eigenvalue weighted by Crippen LogP contribution is 2.84. The highest BCUT2D eigenvalue weighted by molar-refractivity contribution is 7.74. The molecule has 0 saturated carbocycles. The quantitative estimate of drug-likeness (QED) is 0.395. The van der Waals surface area contributed by atoms with Crippen molar-refractivity contribution in [1.29, 1.82) is 0 Å². The van der Waals surface area contributed by atoms with Crippen LogP contribution in [0.3, 0.4) is 0 Å². The second kappa shape index (κ2) is 2.97. The molecule has 0 radical (unpaired) electrons. The van der Waals surface area contributed by atoms with Gasteiger partial charge >= 0.3 is 0 Å². The molecule has 1 fully saturated rings. The summed E-state index contributed by atoms with van der Waals surface area (Å²) in [5, 5.41) is 2.48. The second-order valence-corrected chi connectivity index (χ2v) is 9.12. The van der Waals surface area contributed by atoms with Gasteiger partial charge in [0, 0.05) is 10.5 Å². The van der Waals surface area contributed by atoms with Gasteiger partial charge < -0.3 is 0 Å². The molecular weight excluding hydrogens is 175 g/mol. The lowest BCUT2D eigenvalue weighted by Gasteiger charge is -2.19. The maximum atomic E-state index is 3.53. The van der Waals surface area contributed by atoms with E-state index in [1.54, 1.807) is 5.31 Å². The van der Waals surface area contributed by atoms with E-state index in [0.717, 1.165) is 0 Å². The Labute approximate surface area is 83.9 Å². The SMILES string of the molecule is CC(C)=C=C1P(C(C)(C)C)C1(C)C. The van der Waals surface area contributed by atoms with Crippen LogP contribution in [0.5, 0.6) is 0 Å². The molecule has 0 aromatic heterocycles. The maximum absolute atomic E-state index is 3.53. The van der Waals surface area contributed by atoms with Gasteiger partial charge in [-0.1, -0.05) is 42.5 Å². The van der Waals surface area contributed by atoms with Gasteiger partial charge in [0.05, 0.1) is 0 Å². The Morgan fingerprint density at radius 3 is 1.92 bits per heavy atom. The summed E-state index contributed by atoms with van der Waals surface area (Å²) >= 11 is 0. The average molecular weight is 196 g/mol. The fourth-order valence-corrected chi connectivity index (χ4v) is 5.76. The predicted molar refractivity (Wildman–Crippen MR) is 62.6 cm³/mol. The topological polar surface area (TPSA) is 0 Å². The van der Waals surface area contributed by atoms with Crippen LogP contribution in [0.1, 0.15) is 48.5 Å². The van der Waals surface area contributed by atoms with Gasteiger partial charge in [-0.05, 0) is 24.6 Å². The van der Waals surface area contributed by atoms with E-state index in [2.05, 4.69) is 54.2 Å². The lowest BCUT2D eigenvalue weighted by molar-refractivity contribution is 0.782. The molecule has 74 valence electrons. The number of hydrogen-bond donors (Lipinski definition) is 0. The average Bonchev–Trinajstić information content (AvgIpc) is 2.29. The van der Waals surface area contributed by atoms with Gasteiger partial charge in [-0.2, -0.15) is 0 Å². The Morgan fingerprint density at radius 1 is 1.23 bits per heavy atom. The molecule has 0 N–H and O–H groups in total. The molecular formula is C12H21P. The summed E-state index contributed by atoms with van der Waals surface area (Å²) < 4.78 is 0. The second-order valence-electron chi connectivity index (χ2n) is 5.54. The molecule has 1 saturated heterocycles. The third-order valence-electron chi connectivity index (χ3n) is 2.35. The summed E-state index contributed by atoms with van der Waals surface area (Å²) in [6.45, 7) is 16.0. The third-order valence-corrected chi connectivity index (χ3v) is 5.93. The molecule has 0 aliphatic carbocycles. The van der Waals surface area contributed by atoms with Crippen molar-refractivity contribution in [3.05, 3.63) is 16.6 Å². The monoisotopic (exact) mass is 196 g/mol. The molecule has 1 aliphatic heterocycles. The molecule has 1 heterocycles. The van der Waals surface area contributed by atoms with Crippen LogP contribution in [0, 0.1) is 0 Å². The van der Waals surface area contributed by atoms with Crippen molar-refractivity contribution in [2.75, 3.05) is 0 Å². The van der Waals surface area contributed by atoms with Crippen molar-refractivity contribution < 1.29 is 0 Å². The number of hydrogen-bond acceptors (Lipinski definition) is 0. The van der Waals surface area contributed by atoms with Crippen molar-refractivity contribution in [2.24, 2.45) is 0 Å². The molecule has 1 aliphatic rings. The highest BCUT2D eigenvalue weighted by Gasteiger charge is 2.57. The maximum Gasteiger partial charge on any atom is 0.0224 e. The highest BCUT2D eigenvalue weighted by atomic mass is 31.1. The summed E-state index contributed by atoms with van der Waals surface area (Å²) in [6, 6.07) is 0. The van der Waals surface area contributed by atoms with Gasteiger partial charge in [0.2, 0.25) is 0 Å². The van der Waals surface area contributed by atoms with Crippen LogP contribution in [-0.2, 0) is 0 Å². The molecule has 1 rings (SSSR count). The zero-order valence-electron chi connectivity index (χ0n) is 9.95. The molecule has 1 atom stereocenters. The smallest absolute Gasteiger partial charge is 0.0224 e. The Kier molecular flexibility index (Phi) is 2.52. The third kappa shape index (κ3) is 2.06. The number of rotatable bonds is 0. The first-order valence-corrected chi connectivity index (χ1v) is 6.26. The lowest BCUT2D eigenvalue weighted by Crippen LogP contribution is -2.08. The summed E-state index contributed by atoms with van der Waals surface area (Å²) in [6.07, 6.45) is 0. The van der Waals surface area contributed by atoms with Gasteiger partial charge in [-0.15, -0.1) is 5.73 Å². The van der Waals surface area contributed by atoms with Crippen molar-refractivity contribution in [1.82, 2.24) is 0 Å². The van der Waals surface area contributed by atoms with E-state index in [0.29, 0.717) is 10.3 Å². The van der Waals surface area contributed by atoms with Crippen LogP contribution < -0.4 is 0 Å². The Morgan fingerprint density at radius 2 is 1.69 bits per heavy atom. The van der Waals surface area contributed by atoms with Crippen molar-refractivity contribution in [3.8, 4) is 0 Å². The molecule has 1 unspecified atom stereocenters. The van der Waals surface area contributed by atoms with E-state index in [-0.39, 0.29) is 7.92 Å². The van der Waals surface area contributed by atoms with E-state index in [1.165, 1.54) is 5.57 Å². The van der Waals surface area contributed by atoms with Crippen molar-refractivity contribution >= 4 is 7.92 Å². The van der Waals surface area contributed by atoms with Gasteiger partial charge in [0.25, 0.3) is 0 Å². The summed E-state index contributed by atoms with van der Waals surface area (Å²) in [4.78, 5) is 0.